The van der Waals surface area contributed by atoms with E-state index in [-0.39, 0.29) is 30.8 Å². The number of ether oxygens (including phenoxy) is 2. The van der Waals surface area contributed by atoms with Crippen LogP contribution in [-0.4, -0.2) is 59.1 Å². The van der Waals surface area contributed by atoms with Gasteiger partial charge in [-0.25, -0.2) is 9.79 Å². The molecule has 1 atom stereocenters. The number of aliphatic imine (C=N–C) groups is 1. The first-order valence-electron chi connectivity index (χ1n) is 14.5. The summed E-state index contributed by atoms with van der Waals surface area (Å²) in [4.78, 5) is 48.4. The molecule has 0 radical (unpaired) electrons. The number of fused-ring (bicyclic) bond motifs is 1. The van der Waals surface area contributed by atoms with E-state index >= 15 is 0 Å². The lowest BCUT2D eigenvalue weighted by atomic mass is 9.88. The van der Waals surface area contributed by atoms with Crippen molar-refractivity contribution < 1.29 is 23.9 Å². The van der Waals surface area contributed by atoms with E-state index in [1.54, 1.807) is 13.8 Å². The van der Waals surface area contributed by atoms with Gasteiger partial charge in [-0.2, -0.15) is 0 Å². The number of amides is 1. The number of likely N-dealkylation sites (tertiary alicyclic amines) is 1. The topological polar surface area (TPSA) is 88.5 Å². The lowest BCUT2D eigenvalue weighted by Crippen LogP contribution is -2.42. The van der Waals surface area contributed by atoms with Gasteiger partial charge in [0.2, 0.25) is 5.91 Å². The Balaban J connectivity index is 1.50. The molecule has 1 saturated heterocycles. The van der Waals surface area contributed by atoms with Crippen molar-refractivity contribution in [2.45, 2.75) is 53.0 Å². The molecule has 0 saturated carbocycles. The maximum atomic E-state index is 13.7. The Bertz CT molecular complexity index is 1460. The van der Waals surface area contributed by atoms with E-state index in [4.69, 9.17) is 14.5 Å². The molecule has 2 aromatic rings. The summed E-state index contributed by atoms with van der Waals surface area (Å²) in [5.41, 5.74) is 5.73. The van der Waals surface area contributed by atoms with Crippen molar-refractivity contribution in [2.75, 3.05) is 26.3 Å². The van der Waals surface area contributed by atoms with Crippen molar-refractivity contribution in [2.24, 2.45) is 10.9 Å². The third-order valence-electron chi connectivity index (χ3n) is 7.88. The van der Waals surface area contributed by atoms with Gasteiger partial charge in [0.1, 0.15) is 0 Å². The van der Waals surface area contributed by atoms with Crippen LogP contribution in [0.4, 0.5) is 0 Å². The molecule has 1 fully saturated rings. The van der Waals surface area contributed by atoms with Gasteiger partial charge >= 0.3 is 11.9 Å². The Hall–Kier alpha value is -3.85. The van der Waals surface area contributed by atoms with Crippen molar-refractivity contribution in [1.29, 1.82) is 0 Å². The van der Waals surface area contributed by atoms with E-state index in [1.165, 1.54) is 11.8 Å². The summed E-state index contributed by atoms with van der Waals surface area (Å²) in [5, 5.41) is 2.69. The molecule has 220 valence electrons. The normalized spacial score (nSPS) is 18.8. The van der Waals surface area contributed by atoms with Crippen LogP contribution in [0.1, 0.15) is 61.4 Å². The predicted molar refractivity (Wildman–Crippen MR) is 164 cm³/mol. The minimum absolute atomic E-state index is 0.0133. The van der Waals surface area contributed by atoms with Gasteiger partial charge in [-0.15, -0.1) is 0 Å². The number of carbonyl (C=O) groups is 3. The van der Waals surface area contributed by atoms with Gasteiger partial charge in [-0.3, -0.25) is 9.59 Å². The van der Waals surface area contributed by atoms with Gasteiger partial charge in [0, 0.05) is 24.4 Å². The number of hydrogen-bond donors (Lipinski definition) is 0. The zero-order valence-electron chi connectivity index (χ0n) is 24.6. The Morgan fingerprint density at radius 1 is 0.976 bits per heavy atom. The number of esters is 2. The first-order chi connectivity index (χ1) is 20.3. The van der Waals surface area contributed by atoms with E-state index in [0.29, 0.717) is 43.8 Å². The predicted octanol–water partition coefficient (Wildman–Crippen LogP) is 5.77. The molecule has 3 aliphatic rings. The van der Waals surface area contributed by atoms with Crippen molar-refractivity contribution in [3.05, 3.63) is 87.5 Å². The Morgan fingerprint density at radius 3 is 2.38 bits per heavy atom. The highest BCUT2D eigenvalue weighted by Gasteiger charge is 2.43. The van der Waals surface area contributed by atoms with Crippen LogP contribution in [0.3, 0.4) is 0 Å². The largest absolute Gasteiger partial charge is 0.466 e. The molecule has 0 N–H and O–H groups in total. The van der Waals surface area contributed by atoms with Crippen molar-refractivity contribution in [3.8, 4) is 0 Å². The first-order valence-corrected chi connectivity index (χ1v) is 15.4. The second-order valence-corrected chi connectivity index (χ2v) is 11.5. The van der Waals surface area contributed by atoms with Crippen molar-refractivity contribution in [1.82, 2.24) is 9.80 Å². The summed E-state index contributed by atoms with van der Waals surface area (Å²) in [6.45, 7) is 9.29. The standard InChI is InChI=1S/C33H37N3O5S/c1-5-40-31(38)24-14-16-35(17-15-24)27(37)19-25-20-42-33-34-29(23-10-8-7-9-11-23)28(32(39)41-6-2)30(36(25)33)26-18-21(3)12-13-22(26)4/h7-13,18,20,24,30H,5-6,14-17,19H2,1-4H3/t30-/m1/s1. The highest BCUT2D eigenvalue weighted by molar-refractivity contribution is 8.16. The summed E-state index contributed by atoms with van der Waals surface area (Å²) < 4.78 is 10.8. The number of carbonyl (C=O) groups excluding carboxylic acids is 3. The molecule has 0 aliphatic carbocycles. The maximum Gasteiger partial charge on any atom is 0.338 e. The fourth-order valence-electron chi connectivity index (χ4n) is 5.73. The molecule has 8 nitrogen and oxygen atoms in total. The molecular weight excluding hydrogens is 550 g/mol. The molecule has 0 unspecified atom stereocenters. The molecule has 3 heterocycles. The van der Waals surface area contributed by atoms with Crippen LogP contribution >= 0.6 is 11.8 Å². The lowest BCUT2D eigenvalue weighted by molar-refractivity contribution is -0.151. The maximum absolute atomic E-state index is 13.7. The third kappa shape index (κ3) is 6.02. The van der Waals surface area contributed by atoms with Gasteiger partial charge in [0.15, 0.2) is 5.17 Å². The zero-order valence-corrected chi connectivity index (χ0v) is 25.4. The van der Waals surface area contributed by atoms with Crippen LogP contribution in [0.5, 0.6) is 0 Å². The Morgan fingerprint density at radius 2 is 1.69 bits per heavy atom. The molecule has 0 bridgehead atoms. The van der Waals surface area contributed by atoms with E-state index in [0.717, 1.165) is 33.1 Å². The fourth-order valence-corrected chi connectivity index (χ4v) is 6.65. The molecule has 5 rings (SSSR count). The van der Waals surface area contributed by atoms with E-state index in [9.17, 15) is 14.4 Å². The van der Waals surface area contributed by atoms with Gasteiger partial charge in [0.05, 0.1) is 42.9 Å². The quantitative estimate of drug-likeness (QED) is 0.362. The van der Waals surface area contributed by atoms with E-state index in [2.05, 4.69) is 18.2 Å². The lowest BCUT2D eigenvalue weighted by Gasteiger charge is -2.38. The first kappa shape index (κ1) is 29.6. The second kappa shape index (κ2) is 13.0. The number of benzene rings is 2. The number of piperidine rings is 1. The summed E-state index contributed by atoms with van der Waals surface area (Å²) in [6.07, 6.45) is 1.35. The van der Waals surface area contributed by atoms with Gasteiger partial charge in [0.25, 0.3) is 0 Å². The second-order valence-electron chi connectivity index (χ2n) is 10.7. The van der Waals surface area contributed by atoms with E-state index < -0.39 is 12.0 Å². The van der Waals surface area contributed by atoms with Crippen LogP contribution in [0.15, 0.2) is 70.2 Å². The van der Waals surface area contributed by atoms with Gasteiger partial charge in [-0.05, 0) is 57.1 Å². The zero-order chi connectivity index (χ0) is 29.8. The van der Waals surface area contributed by atoms with Gasteiger partial charge < -0.3 is 19.3 Å². The van der Waals surface area contributed by atoms with Crippen molar-refractivity contribution in [3.63, 3.8) is 0 Å². The third-order valence-corrected chi connectivity index (χ3v) is 8.77. The Labute approximate surface area is 251 Å². The molecule has 9 heteroatoms. The van der Waals surface area contributed by atoms with Crippen LogP contribution in [0.25, 0.3) is 5.70 Å². The summed E-state index contributed by atoms with van der Waals surface area (Å²) >= 11 is 1.46. The highest BCUT2D eigenvalue weighted by atomic mass is 32.2. The number of hydrogen-bond acceptors (Lipinski definition) is 8. The van der Waals surface area contributed by atoms with E-state index in [1.807, 2.05) is 59.4 Å². The Kier molecular flexibility index (Phi) is 9.16. The minimum Gasteiger partial charge on any atom is -0.466 e. The fraction of sp³-hybridized carbons (Fsp3) is 0.394. The number of rotatable bonds is 8. The van der Waals surface area contributed by atoms with Crippen molar-refractivity contribution >= 4 is 40.5 Å². The molecule has 2 aromatic carbocycles. The smallest absolute Gasteiger partial charge is 0.338 e. The molecule has 0 spiro atoms. The SMILES string of the molecule is CCOC(=O)C1=C(c2ccccc2)N=C2SC=C(CC(=O)N3CCC(C(=O)OCC)CC3)N2[C@@H]1c1cc(C)ccc1C. The minimum atomic E-state index is -0.518. The molecular formula is C33H37N3O5S. The summed E-state index contributed by atoms with van der Waals surface area (Å²) in [7, 11) is 0. The molecule has 3 aliphatic heterocycles. The van der Waals surface area contributed by atoms with Crippen LogP contribution in [0, 0.1) is 19.8 Å². The van der Waals surface area contributed by atoms with Crippen LogP contribution in [0.2, 0.25) is 0 Å². The number of aryl methyl sites for hydroxylation is 2. The summed E-state index contributed by atoms with van der Waals surface area (Å²) in [5.74, 6) is -0.787. The van der Waals surface area contributed by atoms with Crippen LogP contribution < -0.4 is 0 Å². The summed E-state index contributed by atoms with van der Waals surface area (Å²) in [6, 6.07) is 15.4. The number of nitrogens with zero attached hydrogens (tertiary/aromatic N) is 3. The molecule has 0 aromatic heterocycles. The average molecular weight is 588 g/mol. The van der Waals surface area contributed by atoms with Crippen LogP contribution in [-0.2, 0) is 23.9 Å². The van der Waals surface area contributed by atoms with Gasteiger partial charge in [-0.1, -0.05) is 65.9 Å². The number of thioether (sulfide) groups is 1. The molecule has 42 heavy (non-hydrogen) atoms. The molecule has 1 amide bonds. The average Bonchev–Trinajstić information content (AvgIpc) is 3.40. The monoisotopic (exact) mass is 587 g/mol. The number of amidine groups is 1. The highest BCUT2D eigenvalue weighted by Crippen LogP contribution is 2.48.